The summed E-state index contributed by atoms with van der Waals surface area (Å²) in [5, 5.41) is 7.60. The summed E-state index contributed by atoms with van der Waals surface area (Å²) >= 11 is 6.35. The molecule has 4 rings (SSSR count). The summed E-state index contributed by atoms with van der Waals surface area (Å²) in [6.07, 6.45) is 3.15. The zero-order chi connectivity index (χ0) is 22.5. The SMILES string of the molecule is Cn1ncc(Cl)c1-c1cc(NC(=O)c2ccc(N3CCOCC3)nc2)ccc1OCCN. The number of benzene rings is 1. The van der Waals surface area contributed by atoms with Crippen LogP contribution in [0.2, 0.25) is 5.02 Å². The van der Waals surface area contributed by atoms with E-state index in [0.29, 0.717) is 59.6 Å². The number of pyridine rings is 1. The molecule has 3 heterocycles. The fourth-order valence-electron chi connectivity index (χ4n) is 3.50. The number of ether oxygens (including phenoxy) is 2. The molecule has 1 aromatic carbocycles. The van der Waals surface area contributed by atoms with E-state index < -0.39 is 0 Å². The maximum absolute atomic E-state index is 12.8. The van der Waals surface area contributed by atoms with E-state index in [2.05, 4.69) is 20.3 Å². The Kier molecular flexibility index (Phi) is 6.89. The number of aromatic nitrogens is 3. The van der Waals surface area contributed by atoms with Gasteiger partial charge in [-0.15, -0.1) is 0 Å². The molecule has 1 aliphatic heterocycles. The molecule has 1 fully saturated rings. The van der Waals surface area contributed by atoms with Crippen molar-refractivity contribution in [3.8, 4) is 17.0 Å². The van der Waals surface area contributed by atoms with Crippen molar-refractivity contribution >= 4 is 29.0 Å². The topological polar surface area (TPSA) is 108 Å². The molecule has 0 saturated carbocycles. The van der Waals surface area contributed by atoms with Crippen molar-refractivity contribution < 1.29 is 14.3 Å². The normalized spacial score (nSPS) is 13.8. The van der Waals surface area contributed by atoms with Crippen LogP contribution in [0.25, 0.3) is 11.3 Å². The standard InChI is InChI=1S/C22H25ClN6O3/c1-28-21(18(23)14-26-28)17-12-16(3-4-19(17)32-9-6-24)27-22(30)15-2-5-20(25-13-15)29-7-10-31-11-8-29/h2-5,12-14H,6-11,24H2,1H3,(H,27,30). The molecule has 3 N–H and O–H groups in total. The fourth-order valence-corrected chi connectivity index (χ4v) is 3.77. The predicted molar refractivity (Wildman–Crippen MR) is 123 cm³/mol. The quantitative estimate of drug-likeness (QED) is 0.562. The highest BCUT2D eigenvalue weighted by Gasteiger charge is 2.17. The molecule has 0 unspecified atom stereocenters. The second-order valence-electron chi connectivity index (χ2n) is 7.27. The number of nitrogens with two attached hydrogens (primary N) is 1. The molecule has 1 amide bonds. The van der Waals surface area contributed by atoms with Crippen molar-refractivity contribution in [1.29, 1.82) is 0 Å². The Morgan fingerprint density at radius 3 is 2.72 bits per heavy atom. The molecule has 0 bridgehead atoms. The summed E-state index contributed by atoms with van der Waals surface area (Å²) in [5.41, 5.74) is 8.04. The van der Waals surface area contributed by atoms with Crippen molar-refractivity contribution in [2.45, 2.75) is 0 Å². The number of halogens is 1. The average Bonchev–Trinajstić information content (AvgIpc) is 3.16. The van der Waals surface area contributed by atoms with Gasteiger partial charge in [0.05, 0.1) is 35.7 Å². The van der Waals surface area contributed by atoms with E-state index >= 15 is 0 Å². The Morgan fingerprint density at radius 1 is 1.25 bits per heavy atom. The zero-order valence-corrected chi connectivity index (χ0v) is 18.5. The first-order valence-electron chi connectivity index (χ1n) is 10.3. The third kappa shape index (κ3) is 4.85. The fraction of sp³-hybridized carbons (Fsp3) is 0.318. The second kappa shape index (κ2) is 9.99. The minimum absolute atomic E-state index is 0.260. The molecule has 2 aromatic heterocycles. The van der Waals surface area contributed by atoms with E-state index in [4.69, 9.17) is 26.8 Å². The third-order valence-electron chi connectivity index (χ3n) is 5.11. The van der Waals surface area contributed by atoms with Gasteiger partial charge in [0.2, 0.25) is 0 Å². The minimum atomic E-state index is -0.260. The molecule has 1 aliphatic rings. The molecule has 0 spiro atoms. The highest BCUT2D eigenvalue weighted by atomic mass is 35.5. The average molecular weight is 457 g/mol. The molecule has 168 valence electrons. The van der Waals surface area contributed by atoms with Crippen LogP contribution in [0.3, 0.4) is 0 Å². The molecule has 0 atom stereocenters. The van der Waals surface area contributed by atoms with Crippen LogP contribution >= 0.6 is 11.6 Å². The van der Waals surface area contributed by atoms with E-state index in [1.54, 1.807) is 42.3 Å². The van der Waals surface area contributed by atoms with E-state index in [1.165, 1.54) is 0 Å². The maximum Gasteiger partial charge on any atom is 0.257 e. The van der Waals surface area contributed by atoms with Crippen LogP contribution in [0.4, 0.5) is 11.5 Å². The molecule has 1 saturated heterocycles. The zero-order valence-electron chi connectivity index (χ0n) is 17.8. The van der Waals surface area contributed by atoms with Gasteiger partial charge in [-0.25, -0.2) is 4.98 Å². The maximum atomic E-state index is 12.8. The predicted octanol–water partition coefficient (Wildman–Crippen LogP) is 2.56. The van der Waals surface area contributed by atoms with Gasteiger partial charge in [0, 0.05) is 44.1 Å². The summed E-state index contributed by atoms with van der Waals surface area (Å²) in [6, 6.07) is 8.98. The molecular formula is C22H25ClN6O3. The number of nitrogens with zero attached hydrogens (tertiary/aromatic N) is 4. The van der Waals surface area contributed by atoms with Crippen LogP contribution in [0.15, 0.2) is 42.7 Å². The Labute approximate surface area is 191 Å². The number of anilines is 2. The van der Waals surface area contributed by atoms with E-state index in [-0.39, 0.29) is 5.91 Å². The number of aryl methyl sites for hydroxylation is 1. The largest absolute Gasteiger partial charge is 0.492 e. The lowest BCUT2D eigenvalue weighted by atomic mass is 10.1. The van der Waals surface area contributed by atoms with Crippen molar-refractivity contribution in [2.24, 2.45) is 12.8 Å². The number of carbonyl (C=O) groups is 1. The number of nitrogens with one attached hydrogen (secondary N) is 1. The third-order valence-corrected chi connectivity index (χ3v) is 5.38. The number of hydrogen-bond acceptors (Lipinski definition) is 7. The van der Waals surface area contributed by atoms with Crippen LogP contribution in [0.1, 0.15) is 10.4 Å². The smallest absolute Gasteiger partial charge is 0.257 e. The molecule has 32 heavy (non-hydrogen) atoms. The highest BCUT2D eigenvalue weighted by molar-refractivity contribution is 6.33. The van der Waals surface area contributed by atoms with Crippen molar-refractivity contribution in [3.63, 3.8) is 0 Å². The van der Waals surface area contributed by atoms with Crippen LogP contribution in [-0.4, -0.2) is 60.1 Å². The summed E-state index contributed by atoms with van der Waals surface area (Å²) in [7, 11) is 1.79. The number of morpholine rings is 1. The molecular weight excluding hydrogens is 432 g/mol. The Hall–Kier alpha value is -3.14. The Bertz CT molecular complexity index is 1060. The first-order chi connectivity index (χ1) is 15.6. The van der Waals surface area contributed by atoms with Crippen molar-refractivity contribution in [2.75, 3.05) is 49.7 Å². The van der Waals surface area contributed by atoms with Crippen LogP contribution in [-0.2, 0) is 11.8 Å². The molecule has 10 heteroatoms. The van der Waals surface area contributed by atoms with Crippen LogP contribution in [0, 0.1) is 0 Å². The number of carbonyl (C=O) groups excluding carboxylic acids is 1. The molecule has 0 radical (unpaired) electrons. The van der Waals surface area contributed by atoms with Crippen LogP contribution in [0.5, 0.6) is 5.75 Å². The van der Waals surface area contributed by atoms with Crippen LogP contribution < -0.4 is 20.7 Å². The van der Waals surface area contributed by atoms with Gasteiger partial charge in [-0.05, 0) is 30.3 Å². The van der Waals surface area contributed by atoms with Gasteiger partial charge in [0.1, 0.15) is 18.2 Å². The summed E-state index contributed by atoms with van der Waals surface area (Å²) in [4.78, 5) is 19.4. The van der Waals surface area contributed by atoms with E-state index in [1.807, 2.05) is 12.1 Å². The molecule has 0 aliphatic carbocycles. The molecule has 9 nitrogen and oxygen atoms in total. The Balaban J connectivity index is 1.54. The molecule has 3 aromatic rings. The van der Waals surface area contributed by atoms with Gasteiger partial charge in [-0.3, -0.25) is 9.48 Å². The number of rotatable bonds is 7. The van der Waals surface area contributed by atoms with Crippen molar-refractivity contribution in [1.82, 2.24) is 14.8 Å². The van der Waals surface area contributed by atoms with E-state index in [9.17, 15) is 4.79 Å². The first kappa shape index (κ1) is 22.1. The highest BCUT2D eigenvalue weighted by Crippen LogP contribution is 2.36. The Morgan fingerprint density at radius 2 is 2.06 bits per heavy atom. The first-order valence-corrected chi connectivity index (χ1v) is 10.7. The van der Waals surface area contributed by atoms with Gasteiger partial charge < -0.3 is 25.4 Å². The van der Waals surface area contributed by atoms with Gasteiger partial charge in [-0.2, -0.15) is 5.10 Å². The lowest BCUT2D eigenvalue weighted by Gasteiger charge is -2.27. The van der Waals surface area contributed by atoms with Crippen molar-refractivity contribution in [3.05, 3.63) is 53.3 Å². The lowest BCUT2D eigenvalue weighted by Crippen LogP contribution is -2.36. The lowest BCUT2D eigenvalue weighted by molar-refractivity contribution is 0.102. The monoisotopic (exact) mass is 456 g/mol. The van der Waals surface area contributed by atoms with Gasteiger partial charge in [-0.1, -0.05) is 11.6 Å². The number of amides is 1. The van der Waals surface area contributed by atoms with Gasteiger partial charge >= 0.3 is 0 Å². The second-order valence-corrected chi connectivity index (χ2v) is 7.68. The van der Waals surface area contributed by atoms with E-state index in [0.717, 1.165) is 18.9 Å². The van der Waals surface area contributed by atoms with Gasteiger partial charge in [0.15, 0.2) is 0 Å². The number of hydrogen-bond donors (Lipinski definition) is 2. The summed E-state index contributed by atoms with van der Waals surface area (Å²) in [6.45, 7) is 3.67. The van der Waals surface area contributed by atoms with Gasteiger partial charge in [0.25, 0.3) is 5.91 Å². The summed E-state index contributed by atoms with van der Waals surface area (Å²) in [5.74, 6) is 1.18. The minimum Gasteiger partial charge on any atom is -0.492 e. The summed E-state index contributed by atoms with van der Waals surface area (Å²) < 4.78 is 12.8.